The van der Waals surface area contributed by atoms with Gasteiger partial charge < -0.3 is 9.84 Å². The molecule has 0 aliphatic carbocycles. The van der Waals surface area contributed by atoms with Crippen LogP contribution in [0.15, 0.2) is 0 Å². The molecule has 0 aliphatic heterocycles. The summed E-state index contributed by atoms with van der Waals surface area (Å²) in [6.45, 7) is 1.11. The highest BCUT2D eigenvalue weighted by atomic mass is 31.1. The van der Waals surface area contributed by atoms with Crippen molar-refractivity contribution in [3.8, 4) is 0 Å². The molecular weight excluding hydrogens is 251 g/mol. The Morgan fingerprint density at radius 2 is 2.00 bits per heavy atom. The van der Waals surface area contributed by atoms with E-state index in [0.29, 0.717) is 0 Å². The van der Waals surface area contributed by atoms with Crippen LogP contribution in [0.4, 0.5) is 4.79 Å². The number of carbonyl (C=O) groups excluding carboxylic acids is 2. The maximum absolute atomic E-state index is 11.1. The van der Waals surface area contributed by atoms with Crippen molar-refractivity contribution >= 4 is 25.9 Å². The van der Waals surface area contributed by atoms with Gasteiger partial charge in [-0.05, 0) is 17.9 Å². The van der Waals surface area contributed by atoms with Gasteiger partial charge in [0.1, 0.15) is 12.3 Å². The Balaban J connectivity index is 3.60. The fourth-order valence-electron chi connectivity index (χ4n) is 0.726. The van der Waals surface area contributed by atoms with Crippen LogP contribution in [-0.2, 0) is 18.9 Å². The van der Waals surface area contributed by atoms with E-state index in [4.69, 9.17) is 5.11 Å². The van der Waals surface area contributed by atoms with Crippen molar-refractivity contribution < 1.29 is 28.8 Å². The molecule has 0 fully saturated rings. The molecule has 3 N–H and O–H groups in total. The lowest BCUT2D eigenvalue weighted by Gasteiger charge is -1.99. The number of ketones is 1. The van der Waals surface area contributed by atoms with Crippen LogP contribution in [0.3, 0.4) is 0 Å². The van der Waals surface area contributed by atoms with Gasteiger partial charge in [0.25, 0.3) is 0 Å². The molecule has 96 valence electrons. The highest BCUT2D eigenvalue weighted by Crippen LogP contribution is 2.06. The maximum Gasteiger partial charge on any atom is 0.567 e. The first-order chi connectivity index (χ1) is 7.91. The lowest BCUT2D eigenvalue weighted by atomic mass is 10.3. The summed E-state index contributed by atoms with van der Waals surface area (Å²) >= 11 is 0. The fraction of sp³-hybridized carbons (Fsp3) is 0.625. The Morgan fingerprint density at radius 3 is 2.53 bits per heavy atom. The van der Waals surface area contributed by atoms with Gasteiger partial charge in [-0.3, -0.25) is 9.59 Å². The second kappa shape index (κ2) is 8.60. The molecule has 0 saturated heterocycles. The Bertz CT molecular complexity index is 319. The zero-order valence-electron chi connectivity index (χ0n) is 9.26. The molecule has 1 amide bonds. The topological polar surface area (TPSA) is 122 Å². The van der Waals surface area contributed by atoms with Gasteiger partial charge in [-0.15, -0.1) is 0 Å². The summed E-state index contributed by atoms with van der Waals surface area (Å²) in [6.07, 6.45) is -0.852. The van der Waals surface area contributed by atoms with Crippen LogP contribution < -0.4 is 10.2 Å². The summed E-state index contributed by atoms with van der Waals surface area (Å²) < 4.78 is 15.6. The number of carboxylic acid groups (broad SMARTS) is 1. The van der Waals surface area contributed by atoms with E-state index in [2.05, 4.69) is 9.82 Å². The number of amides is 1. The lowest BCUT2D eigenvalue weighted by Crippen LogP contribution is -2.25. The van der Waals surface area contributed by atoms with Crippen molar-refractivity contribution in [2.45, 2.75) is 19.8 Å². The number of Topliss-reactive ketones (excluding diaryl/α,β-unsaturated/α-hetero) is 1. The molecule has 0 heterocycles. The maximum atomic E-state index is 11.1. The van der Waals surface area contributed by atoms with Crippen LogP contribution in [0.5, 0.6) is 0 Å². The third kappa shape index (κ3) is 10.7. The second-order valence-electron chi connectivity index (χ2n) is 3.08. The van der Waals surface area contributed by atoms with Gasteiger partial charge in [0.2, 0.25) is 0 Å². The minimum Gasteiger partial charge on any atom is -0.481 e. The third-order valence-corrected chi connectivity index (χ3v) is 2.26. The van der Waals surface area contributed by atoms with Gasteiger partial charge in [0, 0.05) is 6.42 Å². The number of aliphatic carboxylic acids is 1. The van der Waals surface area contributed by atoms with Crippen LogP contribution >= 0.6 is 8.10 Å². The average molecular weight is 265 g/mol. The number of nitrogens with one attached hydrogen (secondary N) is 2. The average Bonchev–Trinajstić information content (AvgIpc) is 2.21. The van der Waals surface area contributed by atoms with E-state index in [1.54, 1.807) is 0 Å². The van der Waals surface area contributed by atoms with Gasteiger partial charge in [-0.25, -0.2) is 4.79 Å². The predicted octanol–water partition coefficient (Wildman–Crippen LogP) is 0.413. The molecule has 1 atom stereocenters. The molecule has 0 radical (unpaired) electrons. The van der Waals surface area contributed by atoms with E-state index >= 15 is 0 Å². The number of rotatable bonds is 8. The molecule has 0 spiro atoms. The molecule has 0 bridgehead atoms. The van der Waals surface area contributed by atoms with Crippen LogP contribution in [0, 0.1) is 0 Å². The molecule has 0 aromatic carbocycles. The first-order valence-corrected chi connectivity index (χ1v) is 6.03. The minimum atomic E-state index is -2.25. The molecule has 1 unspecified atom stereocenters. The SMILES string of the molecule is CC(=O)CN[P+](=O)NC(=O)OCCCC(=O)O. The van der Waals surface area contributed by atoms with Gasteiger partial charge >= 0.3 is 20.2 Å². The van der Waals surface area contributed by atoms with Crippen LogP contribution in [0.25, 0.3) is 0 Å². The molecule has 0 aromatic rings. The van der Waals surface area contributed by atoms with Crippen molar-refractivity contribution in [2.75, 3.05) is 13.2 Å². The normalized spacial score (nSPS) is 10.5. The number of hydrogen-bond acceptors (Lipinski definition) is 5. The smallest absolute Gasteiger partial charge is 0.481 e. The number of ether oxygens (including phenoxy) is 1. The Kier molecular flexibility index (Phi) is 7.83. The lowest BCUT2D eigenvalue weighted by molar-refractivity contribution is -0.137. The number of carboxylic acids is 1. The van der Waals surface area contributed by atoms with Crippen LogP contribution in [-0.4, -0.2) is 36.1 Å². The van der Waals surface area contributed by atoms with Crippen molar-refractivity contribution in [3.05, 3.63) is 0 Å². The molecule has 0 aliphatic rings. The highest BCUT2D eigenvalue weighted by molar-refractivity contribution is 7.41. The van der Waals surface area contributed by atoms with Gasteiger partial charge in [0.15, 0.2) is 0 Å². The summed E-state index contributed by atoms with van der Waals surface area (Å²) in [5.74, 6) is -1.20. The summed E-state index contributed by atoms with van der Waals surface area (Å²) in [7, 11) is -2.25. The number of hydrogen-bond donors (Lipinski definition) is 3. The van der Waals surface area contributed by atoms with Crippen molar-refractivity contribution in [2.24, 2.45) is 0 Å². The van der Waals surface area contributed by atoms with E-state index in [9.17, 15) is 18.9 Å². The Labute approximate surface area is 98.6 Å². The zero-order valence-corrected chi connectivity index (χ0v) is 10.2. The molecule has 9 heteroatoms. The van der Waals surface area contributed by atoms with E-state index in [0.717, 1.165) is 0 Å². The monoisotopic (exact) mass is 265 g/mol. The summed E-state index contributed by atoms with van der Waals surface area (Å²) in [6, 6.07) is 0. The van der Waals surface area contributed by atoms with Crippen molar-refractivity contribution in [1.29, 1.82) is 0 Å². The van der Waals surface area contributed by atoms with Crippen LogP contribution in [0.1, 0.15) is 19.8 Å². The number of carbonyl (C=O) groups is 3. The summed E-state index contributed by atoms with van der Waals surface area (Å²) in [4.78, 5) is 31.6. The molecule has 0 rings (SSSR count). The summed E-state index contributed by atoms with van der Waals surface area (Å²) in [5.41, 5.74) is 0. The largest absolute Gasteiger partial charge is 0.567 e. The van der Waals surface area contributed by atoms with Crippen LogP contribution in [0.2, 0.25) is 0 Å². The summed E-state index contributed by atoms with van der Waals surface area (Å²) in [5, 5.41) is 12.5. The Morgan fingerprint density at radius 1 is 1.35 bits per heavy atom. The van der Waals surface area contributed by atoms with E-state index in [1.165, 1.54) is 6.92 Å². The quantitative estimate of drug-likeness (QED) is 0.429. The zero-order chi connectivity index (χ0) is 13.3. The van der Waals surface area contributed by atoms with E-state index in [-0.39, 0.29) is 31.8 Å². The van der Waals surface area contributed by atoms with Gasteiger partial charge in [-0.2, -0.15) is 0 Å². The standard InChI is InChI=1S/C8H13N2O6P/c1-6(11)5-9-17(15)10-8(14)16-4-2-3-7(12)13/h2-5H2,1H3,(H2-,9,10,12,13,14,15)/p+1. The highest BCUT2D eigenvalue weighted by Gasteiger charge is 2.20. The van der Waals surface area contributed by atoms with Crippen molar-refractivity contribution in [1.82, 2.24) is 10.2 Å². The predicted molar refractivity (Wildman–Crippen MR) is 57.6 cm³/mol. The first-order valence-electron chi connectivity index (χ1n) is 4.77. The Hall–Kier alpha value is -1.53. The second-order valence-corrected chi connectivity index (χ2v) is 4.20. The molecule has 0 aromatic heterocycles. The minimum absolute atomic E-state index is 0.0754. The fourth-order valence-corrected chi connectivity index (χ4v) is 1.40. The molecule has 8 nitrogen and oxygen atoms in total. The molecule has 0 saturated carbocycles. The van der Waals surface area contributed by atoms with E-state index < -0.39 is 20.2 Å². The van der Waals surface area contributed by atoms with Gasteiger partial charge in [-0.1, -0.05) is 10.2 Å². The van der Waals surface area contributed by atoms with Gasteiger partial charge in [0.05, 0.1) is 6.61 Å². The third-order valence-electron chi connectivity index (χ3n) is 1.43. The molecule has 17 heavy (non-hydrogen) atoms. The first kappa shape index (κ1) is 15.5. The van der Waals surface area contributed by atoms with E-state index in [1.807, 2.05) is 5.09 Å². The molecular formula is C8H14N2O6P+. The van der Waals surface area contributed by atoms with Crippen molar-refractivity contribution in [3.63, 3.8) is 0 Å².